The van der Waals surface area contributed by atoms with Gasteiger partial charge < -0.3 is 56.4 Å². The first-order chi connectivity index (χ1) is 39.4. The summed E-state index contributed by atoms with van der Waals surface area (Å²) in [6, 6.07) is 7.24. The quantitative estimate of drug-likeness (QED) is 0.0512. The molecule has 22 heteroatoms. The topological polar surface area (TPSA) is 221 Å². The molecule has 20 nitrogen and oxygen atoms in total. The summed E-state index contributed by atoms with van der Waals surface area (Å²) in [5, 5.41) is 5.51. The molecule has 2 aromatic carbocycles. The second-order valence-corrected chi connectivity index (χ2v) is 36.8. The molecule has 0 radical (unpaired) electrons. The number of aromatic nitrogens is 1. The summed E-state index contributed by atoms with van der Waals surface area (Å²) in [5.74, 6) is -0.521. The number of nitrogens with one attached hydrogen (secondary N) is 2. The van der Waals surface area contributed by atoms with Crippen molar-refractivity contribution in [2.45, 2.75) is 169 Å². The highest BCUT2D eigenvalue weighted by molar-refractivity contribution is 6.74. The summed E-state index contributed by atoms with van der Waals surface area (Å²) in [7, 11) is 1.53. The lowest BCUT2D eigenvalue weighted by molar-refractivity contribution is 0.0633. The number of anilines is 2. The summed E-state index contributed by atoms with van der Waals surface area (Å²) in [6.45, 7) is 37.1. The fourth-order valence-corrected chi connectivity index (χ4v) is 12.0. The molecule has 0 unspecified atom stereocenters. The molecular formula is C63H93N5O15Si2. The maximum absolute atomic E-state index is 15.0. The first-order valence-corrected chi connectivity index (χ1v) is 35.0. The Bertz CT molecular complexity index is 3050. The number of hydrogen-bond donors (Lipinski definition) is 2. The van der Waals surface area contributed by atoms with E-state index in [4.69, 9.17) is 42.0 Å². The lowest BCUT2D eigenvalue weighted by atomic mass is 9.91. The number of likely N-dealkylation sites (tertiary alicyclic amines) is 2. The van der Waals surface area contributed by atoms with Crippen LogP contribution >= 0.6 is 0 Å². The number of amides is 4. The van der Waals surface area contributed by atoms with E-state index in [0.717, 1.165) is 11.6 Å². The Kier molecular flexibility index (Phi) is 21.1. The van der Waals surface area contributed by atoms with E-state index in [9.17, 15) is 28.8 Å². The third-order valence-electron chi connectivity index (χ3n) is 16.7. The van der Waals surface area contributed by atoms with Gasteiger partial charge in [-0.05, 0) is 113 Å². The second kappa shape index (κ2) is 26.6. The van der Waals surface area contributed by atoms with E-state index in [1.807, 2.05) is 4.90 Å². The summed E-state index contributed by atoms with van der Waals surface area (Å²) in [4.78, 5) is 86.2. The van der Waals surface area contributed by atoms with Gasteiger partial charge in [0.05, 0.1) is 93.6 Å². The Balaban J connectivity index is 1.18. The normalized spacial score (nSPS) is 17.3. The predicted octanol–water partition coefficient (Wildman–Crippen LogP) is 12.7. The molecule has 2 saturated heterocycles. The maximum Gasteiger partial charge on any atom is 0.412 e. The summed E-state index contributed by atoms with van der Waals surface area (Å²) >= 11 is 0. The molecular weight excluding hydrogens is 1120 g/mol. The van der Waals surface area contributed by atoms with Crippen molar-refractivity contribution < 1.29 is 70.8 Å². The minimum absolute atomic E-state index is 0.0242. The number of nitrogens with zero attached hydrogens (tertiary/aromatic N) is 3. The van der Waals surface area contributed by atoms with Gasteiger partial charge >= 0.3 is 12.2 Å². The lowest BCUT2D eigenvalue weighted by Gasteiger charge is -2.38. The molecule has 6 rings (SSSR count). The number of carbonyl (C=O) groups is 6. The zero-order valence-electron chi connectivity index (χ0n) is 53.8. The number of ketones is 2. The molecule has 85 heavy (non-hydrogen) atoms. The van der Waals surface area contributed by atoms with E-state index in [1.54, 1.807) is 57.0 Å². The summed E-state index contributed by atoms with van der Waals surface area (Å²) < 4.78 is 55.5. The van der Waals surface area contributed by atoms with Crippen molar-refractivity contribution >= 4 is 63.6 Å². The maximum atomic E-state index is 15.0. The number of methoxy groups -OCH3 is 3. The van der Waals surface area contributed by atoms with E-state index in [0.29, 0.717) is 75.6 Å². The van der Waals surface area contributed by atoms with E-state index in [-0.39, 0.29) is 110 Å². The number of rotatable bonds is 23. The zero-order chi connectivity index (χ0) is 63.4. The Labute approximate surface area is 504 Å². The van der Waals surface area contributed by atoms with Gasteiger partial charge in [-0.2, -0.15) is 0 Å². The SMILES string of the molecule is C=C1C[C@@H](CO[Si](C)(C)C(C)(C)C)N(C(=O)c2cc(OC)c(OCCCCCOc3cc(NC(=O)OCc4cc5c(n4C)C(=O)C=C(OC)C5=O)c(C(=O)N4CC(C)(C)C[C@H]4CO[Si](C)(C)C(C)(C)C)cc3OC)cc2NC(=O)OC(C)(C)C)C1. The van der Waals surface area contributed by atoms with E-state index in [2.05, 4.69) is 98.8 Å². The van der Waals surface area contributed by atoms with Crippen LogP contribution in [0.4, 0.5) is 21.0 Å². The molecule has 3 heterocycles. The Morgan fingerprint density at radius 3 is 1.68 bits per heavy atom. The fourth-order valence-electron chi connectivity index (χ4n) is 9.88. The molecule has 1 aromatic heterocycles. The largest absolute Gasteiger partial charge is 0.493 e. The number of fused-ring (bicyclic) bond motifs is 1. The van der Waals surface area contributed by atoms with Gasteiger partial charge in [0.2, 0.25) is 11.6 Å². The van der Waals surface area contributed by atoms with Crippen molar-refractivity contribution in [3.05, 3.63) is 82.4 Å². The summed E-state index contributed by atoms with van der Waals surface area (Å²) in [6.07, 6.45) is 2.54. The van der Waals surface area contributed by atoms with E-state index >= 15 is 0 Å². The molecule has 0 bridgehead atoms. The number of Topliss-reactive ketones (excluding diaryl/α,β-unsaturated/α-hetero) is 1. The number of hydrogen-bond acceptors (Lipinski definition) is 15. The highest BCUT2D eigenvalue weighted by atomic mass is 28.4. The highest BCUT2D eigenvalue weighted by Gasteiger charge is 2.45. The van der Waals surface area contributed by atoms with Crippen LogP contribution < -0.4 is 29.6 Å². The average Bonchev–Trinajstić information content (AvgIpc) is 3.15. The molecule has 0 spiro atoms. The third-order valence-corrected chi connectivity index (χ3v) is 25.7. The van der Waals surface area contributed by atoms with E-state index < -0.39 is 46.0 Å². The van der Waals surface area contributed by atoms with Crippen LogP contribution in [-0.4, -0.2) is 145 Å². The Morgan fingerprint density at radius 1 is 0.682 bits per heavy atom. The zero-order valence-corrected chi connectivity index (χ0v) is 55.8. The van der Waals surface area contributed by atoms with Gasteiger partial charge in [0, 0.05) is 38.3 Å². The molecule has 0 saturated carbocycles. The van der Waals surface area contributed by atoms with Gasteiger partial charge in [0.1, 0.15) is 17.9 Å². The van der Waals surface area contributed by atoms with Crippen molar-refractivity contribution in [1.82, 2.24) is 14.4 Å². The number of unbranched alkanes of at least 4 members (excludes halogenated alkanes) is 2. The molecule has 2 fully saturated rings. The molecule has 3 aliphatic rings. The molecule has 1 aliphatic carbocycles. The lowest BCUT2D eigenvalue weighted by Crippen LogP contribution is -2.46. The number of carbonyl (C=O) groups excluding carboxylic acids is 6. The van der Waals surface area contributed by atoms with Crippen molar-refractivity contribution in [2.75, 3.05) is 71.5 Å². The predicted molar refractivity (Wildman–Crippen MR) is 332 cm³/mol. The van der Waals surface area contributed by atoms with E-state index in [1.165, 1.54) is 32.0 Å². The molecule has 468 valence electrons. The van der Waals surface area contributed by atoms with Crippen molar-refractivity contribution in [2.24, 2.45) is 12.5 Å². The Morgan fingerprint density at radius 2 is 1.19 bits per heavy atom. The smallest absolute Gasteiger partial charge is 0.412 e. The molecule has 2 aliphatic heterocycles. The van der Waals surface area contributed by atoms with Gasteiger partial charge in [0.15, 0.2) is 45.4 Å². The van der Waals surface area contributed by atoms with Crippen LogP contribution in [0.2, 0.25) is 36.3 Å². The van der Waals surface area contributed by atoms with Crippen LogP contribution in [0, 0.1) is 5.41 Å². The monoisotopic (exact) mass is 1220 g/mol. The van der Waals surface area contributed by atoms with Crippen molar-refractivity contribution in [3.8, 4) is 23.0 Å². The third kappa shape index (κ3) is 16.5. The number of ether oxygens (including phenoxy) is 7. The highest BCUT2D eigenvalue weighted by Crippen LogP contribution is 2.43. The van der Waals surface area contributed by atoms with Gasteiger partial charge in [-0.15, -0.1) is 0 Å². The Hall–Kier alpha value is -6.63. The van der Waals surface area contributed by atoms with Crippen LogP contribution in [0.1, 0.15) is 156 Å². The van der Waals surface area contributed by atoms with Gasteiger partial charge in [-0.25, -0.2) is 9.59 Å². The van der Waals surface area contributed by atoms with Crippen LogP contribution in [0.3, 0.4) is 0 Å². The van der Waals surface area contributed by atoms with Crippen LogP contribution in [0.15, 0.2) is 54.3 Å². The average molecular weight is 1220 g/mol. The molecule has 4 amide bonds. The number of allylic oxidation sites excluding steroid dienone is 2. The first-order valence-electron chi connectivity index (χ1n) is 29.1. The summed E-state index contributed by atoms with van der Waals surface area (Å²) in [5.41, 5.74) is 1.16. The molecule has 2 atom stereocenters. The van der Waals surface area contributed by atoms with Gasteiger partial charge in [0.25, 0.3) is 11.8 Å². The second-order valence-electron chi connectivity index (χ2n) is 27.2. The van der Waals surface area contributed by atoms with Gasteiger partial charge in [-0.1, -0.05) is 67.5 Å². The van der Waals surface area contributed by atoms with Crippen LogP contribution in [-0.2, 0) is 36.7 Å². The minimum Gasteiger partial charge on any atom is -0.493 e. The van der Waals surface area contributed by atoms with Crippen molar-refractivity contribution in [3.63, 3.8) is 0 Å². The fraction of sp³-hybridized carbons (Fsp3) is 0.587. The van der Waals surface area contributed by atoms with Gasteiger partial charge in [-0.3, -0.25) is 29.8 Å². The minimum atomic E-state index is -2.20. The van der Waals surface area contributed by atoms with Crippen molar-refractivity contribution in [1.29, 1.82) is 0 Å². The standard InChI is InChI=1S/C63H93N5O15Si2/c1-39-26-41(36-81-84(17,18)61(5,6)7)67(34-39)56(71)43-28-49(75-14)52(31-47(43)65-59(74)83-60(2,3)4)79-25-23-21-22-24-78-51-30-46(64-58(73)80-35-40-27-45-54(66(40)13)48(69)32-53(77-16)55(45)70)44(29-50(51)76-15)57(72)68-38-63(11,12)33-42(68)37-82-85(19,20)62(8,9)10/h27-32,41-42H,1,21-26,33-38H2,2-20H3,(H,64,73)(H,65,74)/t41-,42-/m0/s1. The van der Waals surface area contributed by atoms with Crippen LogP contribution in [0.5, 0.6) is 23.0 Å². The number of benzene rings is 2. The first kappa shape index (κ1) is 67.5. The molecule has 2 N–H and O–H groups in total. The van der Waals surface area contributed by atoms with Crippen LogP contribution in [0.25, 0.3) is 0 Å². The molecule has 3 aromatic rings.